The Bertz CT molecular complexity index is 864. The molecule has 0 aliphatic carbocycles. The van der Waals surface area contributed by atoms with Crippen LogP contribution in [0.25, 0.3) is 0 Å². The molecule has 2 aliphatic heterocycles. The van der Waals surface area contributed by atoms with E-state index in [1.54, 1.807) is 6.92 Å². The van der Waals surface area contributed by atoms with Crippen LogP contribution < -0.4 is 0 Å². The minimum Gasteiger partial charge on any atom is -0.343 e. The molecule has 148 valence electrons. The average Bonchev–Trinajstić information content (AvgIpc) is 3.12. The normalized spacial score (nSPS) is 18.2. The third kappa shape index (κ3) is 3.93. The Morgan fingerprint density at radius 3 is 2.61 bits per heavy atom. The van der Waals surface area contributed by atoms with Gasteiger partial charge in [-0.2, -0.15) is 4.98 Å². The highest BCUT2D eigenvalue weighted by Gasteiger charge is 2.33. The third-order valence-corrected chi connectivity index (χ3v) is 5.76. The highest BCUT2D eigenvalue weighted by atomic mass is 16.5. The van der Waals surface area contributed by atoms with E-state index in [9.17, 15) is 9.59 Å². The molecule has 4 rings (SSSR count). The van der Waals surface area contributed by atoms with Gasteiger partial charge in [-0.3, -0.25) is 9.59 Å². The van der Waals surface area contributed by atoms with E-state index in [0.717, 1.165) is 56.0 Å². The van der Waals surface area contributed by atoms with Crippen molar-refractivity contribution in [2.45, 2.75) is 39.0 Å². The number of likely N-dealkylation sites (tertiary alicyclic amines) is 2. The van der Waals surface area contributed by atoms with Gasteiger partial charge < -0.3 is 14.3 Å². The molecule has 1 aromatic heterocycles. The quantitative estimate of drug-likeness (QED) is 0.811. The number of hydrogen-bond acceptors (Lipinski definition) is 5. The van der Waals surface area contributed by atoms with Crippen LogP contribution in [-0.4, -0.2) is 57.9 Å². The zero-order valence-corrected chi connectivity index (χ0v) is 16.4. The Kier molecular flexibility index (Phi) is 5.15. The molecule has 2 fully saturated rings. The van der Waals surface area contributed by atoms with Gasteiger partial charge in [0.2, 0.25) is 11.8 Å². The Hall–Kier alpha value is -2.70. The topological polar surface area (TPSA) is 79.5 Å². The molecule has 1 aromatic carbocycles. The van der Waals surface area contributed by atoms with E-state index in [4.69, 9.17) is 4.52 Å². The number of benzene rings is 1. The lowest BCUT2D eigenvalue weighted by Gasteiger charge is -2.38. The van der Waals surface area contributed by atoms with Gasteiger partial charge in [-0.05, 0) is 31.9 Å². The molecule has 2 aliphatic rings. The number of hydrogen-bond donors (Lipinski definition) is 0. The SMILES string of the molecule is CC(=O)N1CCC(c2noc(CC3CN(C(=O)c4cccc(C)c4)C3)n2)CC1. The maximum Gasteiger partial charge on any atom is 0.253 e. The summed E-state index contributed by atoms with van der Waals surface area (Å²) in [5.74, 6) is 2.24. The lowest BCUT2D eigenvalue weighted by Crippen LogP contribution is -2.50. The molecular formula is C21H26N4O3. The Morgan fingerprint density at radius 1 is 1.18 bits per heavy atom. The molecule has 0 saturated carbocycles. The van der Waals surface area contributed by atoms with Crippen molar-refractivity contribution < 1.29 is 14.1 Å². The molecule has 0 N–H and O–H groups in total. The minimum atomic E-state index is 0.0865. The van der Waals surface area contributed by atoms with Crippen molar-refractivity contribution in [3.63, 3.8) is 0 Å². The maximum absolute atomic E-state index is 12.5. The van der Waals surface area contributed by atoms with Crippen molar-refractivity contribution in [1.82, 2.24) is 19.9 Å². The first-order valence-corrected chi connectivity index (χ1v) is 9.93. The van der Waals surface area contributed by atoms with E-state index in [-0.39, 0.29) is 17.7 Å². The van der Waals surface area contributed by atoms with Crippen LogP contribution in [0.1, 0.15) is 53.3 Å². The van der Waals surface area contributed by atoms with Crippen LogP contribution in [0.15, 0.2) is 28.8 Å². The van der Waals surface area contributed by atoms with Gasteiger partial charge in [-0.25, -0.2) is 0 Å². The average molecular weight is 382 g/mol. The fourth-order valence-electron chi connectivity index (χ4n) is 4.04. The number of carbonyl (C=O) groups excluding carboxylic acids is 2. The van der Waals surface area contributed by atoms with Crippen LogP contribution in [0.4, 0.5) is 0 Å². The van der Waals surface area contributed by atoms with Gasteiger partial charge in [0.25, 0.3) is 5.91 Å². The predicted molar refractivity (Wildman–Crippen MR) is 103 cm³/mol. The smallest absolute Gasteiger partial charge is 0.253 e. The molecule has 7 heteroatoms. The van der Waals surface area contributed by atoms with Gasteiger partial charge in [-0.15, -0.1) is 0 Å². The van der Waals surface area contributed by atoms with Crippen molar-refractivity contribution >= 4 is 11.8 Å². The van der Waals surface area contributed by atoms with Crippen molar-refractivity contribution in [2.75, 3.05) is 26.2 Å². The van der Waals surface area contributed by atoms with E-state index >= 15 is 0 Å². The lowest BCUT2D eigenvalue weighted by atomic mass is 9.94. The summed E-state index contributed by atoms with van der Waals surface area (Å²) in [5.41, 5.74) is 1.84. The lowest BCUT2D eigenvalue weighted by molar-refractivity contribution is -0.129. The Balaban J connectivity index is 1.27. The molecule has 0 atom stereocenters. The summed E-state index contributed by atoms with van der Waals surface area (Å²) >= 11 is 0. The number of nitrogens with zero attached hydrogens (tertiary/aromatic N) is 4. The van der Waals surface area contributed by atoms with E-state index in [1.807, 2.05) is 41.0 Å². The van der Waals surface area contributed by atoms with Gasteiger partial charge in [0.05, 0.1) is 0 Å². The third-order valence-electron chi connectivity index (χ3n) is 5.76. The fraction of sp³-hybridized carbons (Fsp3) is 0.524. The van der Waals surface area contributed by atoms with Crippen LogP contribution >= 0.6 is 0 Å². The van der Waals surface area contributed by atoms with E-state index in [1.165, 1.54) is 0 Å². The molecule has 2 amide bonds. The fourth-order valence-corrected chi connectivity index (χ4v) is 4.04. The van der Waals surface area contributed by atoms with Crippen LogP contribution in [0.5, 0.6) is 0 Å². The zero-order chi connectivity index (χ0) is 19.7. The number of aryl methyl sites for hydroxylation is 1. The second-order valence-electron chi connectivity index (χ2n) is 7.98. The molecule has 0 radical (unpaired) electrons. The van der Waals surface area contributed by atoms with E-state index < -0.39 is 0 Å². The van der Waals surface area contributed by atoms with Crippen molar-refractivity contribution in [3.8, 4) is 0 Å². The first kappa shape index (κ1) is 18.7. The summed E-state index contributed by atoms with van der Waals surface area (Å²) in [6.07, 6.45) is 2.46. The van der Waals surface area contributed by atoms with Crippen LogP contribution in [-0.2, 0) is 11.2 Å². The standard InChI is InChI=1S/C21H26N4O3/c1-14-4-3-5-18(10-14)21(27)25-12-16(13-25)11-19-22-20(23-28-19)17-6-8-24(9-7-17)15(2)26/h3-5,10,16-17H,6-9,11-13H2,1-2H3. The van der Waals surface area contributed by atoms with Gasteiger partial charge in [0.1, 0.15) is 0 Å². The summed E-state index contributed by atoms with van der Waals surface area (Å²) in [6, 6.07) is 7.70. The number of amides is 2. The summed E-state index contributed by atoms with van der Waals surface area (Å²) < 4.78 is 5.45. The van der Waals surface area contributed by atoms with Gasteiger partial charge in [0, 0.05) is 56.9 Å². The molecule has 28 heavy (non-hydrogen) atoms. The first-order valence-electron chi connectivity index (χ1n) is 9.93. The summed E-state index contributed by atoms with van der Waals surface area (Å²) in [7, 11) is 0. The summed E-state index contributed by atoms with van der Waals surface area (Å²) in [6.45, 7) is 6.55. The number of aromatic nitrogens is 2. The van der Waals surface area contributed by atoms with Crippen molar-refractivity contribution in [3.05, 3.63) is 47.1 Å². The molecule has 7 nitrogen and oxygen atoms in total. The van der Waals surface area contributed by atoms with Gasteiger partial charge in [0.15, 0.2) is 5.82 Å². The molecular weight excluding hydrogens is 356 g/mol. The van der Waals surface area contributed by atoms with E-state index in [2.05, 4.69) is 10.1 Å². The van der Waals surface area contributed by atoms with E-state index in [0.29, 0.717) is 18.2 Å². The molecule has 0 spiro atoms. The molecule has 2 saturated heterocycles. The molecule has 2 aromatic rings. The number of rotatable bonds is 4. The van der Waals surface area contributed by atoms with Crippen LogP contribution in [0.3, 0.4) is 0 Å². The highest BCUT2D eigenvalue weighted by molar-refractivity contribution is 5.94. The van der Waals surface area contributed by atoms with Crippen molar-refractivity contribution in [1.29, 1.82) is 0 Å². The second kappa shape index (κ2) is 7.73. The monoisotopic (exact) mass is 382 g/mol. The van der Waals surface area contributed by atoms with Gasteiger partial charge >= 0.3 is 0 Å². The summed E-state index contributed by atoms with van der Waals surface area (Å²) in [4.78, 5) is 32.3. The predicted octanol–water partition coefficient (Wildman–Crippen LogP) is 2.42. The number of carbonyl (C=O) groups is 2. The number of piperidine rings is 1. The second-order valence-corrected chi connectivity index (χ2v) is 7.98. The summed E-state index contributed by atoms with van der Waals surface area (Å²) in [5, 5.41) is 4.16. The highest BCUT2D eigenvalue weighted by Crippen LogP contribution is 2.27. The molecule has 3 heterocycles. The van der Waals surface area contributed by atoms with Crippen LogP contribution in [0, 0.1) is 12.8 Å². The van der Waals surface area contributed by atoms with Crippen molar-refractivity contribution in [2.24, 2.45) is 5.92 Å². The first-order chi connectivity index (χ1) is 13.5. The maximum atomic E-state index is 12.5. The van der Waals surface area contributed by atoms with Crippen LogP contribution in [0.2, 0.25) is 0 Å². The minimum absolute atomic E-state index is 0.0865. The zero-order valence-electron chi connectivity index (χ0n) is 16.4. The Labute approximate surface area is 164 Å². The molecule has 0 bridgehead atoms. The largest absolute Gasteiger partial charge is 0.343 e. The Morgan fingerprint density at radius 2 is 1.93 bits per heavy atom. The van der Waals surface area contributed by atoms with Gasteiger partial charge in [-0.1, -0.05) is 22.9 Å². The molecule has 0 unspecified atom stereocenters.